The van der Waals surface area contributed by atoms with Crippen LogP contribution in [0.15, 0.2) is 48.7 Å². The Hall–Kier alpha value is -6.37. The number of carbonyl (C=O) groups excluding carboxylic acids is 3. The number of pyridine rings is 1. The molecule has 9 heterocycles. The molecule has 0 bridgehead atoms. The molecule has 16 nitrogen and oxygen atoms in total. The highest BCUT2D eigenvalue weighted by atomic mass is 19.1. The second kappa shape index (κ2) is 20.5. The van der Waals surface area contributed by atoms with Gasteiger partial charge in [0.05, 0.1) is 41.3 Å². The number of piperidine rings is 5. The van der Waals surface area contributed by atoms with Gasteiger partial charge in [0.25, 0.3) is 0 Å². The van der Waals surface area contributed by atoms with Crippen molar-refractivity contribution in [2.75, 3.05) is 77.0 Å². The van der Waals surface area contributed by atoms with Gasteiger partial charge in [-0.05, 0) is 174 Å². The number of nitrogens with one attached hydrogen (secondary N) is 1. The highest BCUT2D eigenvalue weighted by Gasteiger charge is 2.50. The lowest BCUT2D eigenvalue weighted by Crippen LogP contribution is -2.57. The molecule has 2 N–H and O–H groups in total. The first kappa shape index (κ1) is 52.7. The van der Waals surface area contributed by atoms with Crippen molar-refractivity contribution >= 4 is 56.1 Å². The van der Waals surface area contributed by atoms with E-state index in [4.69, 9.17) is 24.5 Å². The Morgan fingerprint density at radius 2 is 1.68 bits per heavy atom. The van der Waals surface area contributed by atoms with Crippen LogP contribution in [0.1, 0.15) is 132 Å². The summed E-state index contributed by atoms with van der Waals surface area (Å²) in [5.41, 5.74) is 3.90. The number of anilines is 1. The van der Waals surface area contributed by atoms with Crippen molar-refractivity contribution < 1.29 is 37.7 Å². The second-order valence-corrected chi connectivity index (χ2v) is 25.6. The maximum atomic E-state index is 17.3. The summed E-state index contributed by atoms with van der Waals surface area (Å²) < 4.78 is 47.1. The highest BCUT2D eigenvalue weighted by molar-refractivity contribution is 6.03. The van der Waals surface area contributed by atoms with Gasteiger partial charge in [-0.3, -0.25) is 29.4 Å². The van der Waals surface area contributed by atoms with Crippen LogP contribution in [0.4, 0.5) is 14.6 Å². The lowest BCUT2D eigenvalue weighted by atomic mass is 9.59. The number of hydrogen-bond donors (Lipinski definition) is 2. The summed E-state index contributed by atoms with van der Waals surface area (Å²) in [5.74, 6) is -0.602. The van der Waals surface area contributed by atoms with E-state index in [0.29, 0.717) is 95.3 Å². The van der Waals surface area contributed by atoms with Gasteiger partial charge in [0.1, 0.15) is 28.6 Å². The first-order valence-electron chi connectivity index (χ1n) is 30.1. The van der Waals surface area contributed by atoms with Crippen molar-refractivity contribution in [3.8, 4) is 23.0 Å². The number of hydrogen-bond acceptors (Lipinski definition) is 13. The smallest absolute Gasteiger partial charge is 0.319 e. The predicted octanol–water partition coefficient (Wildman–Crippen LogP) is 9.08. The van der Waals surface area contributed by atoms with Crippen LogP contribution in [-0.4, -0.2) is 146 Å². The van der Waals surface area contributed by atoms with E-state index in [1.165, 1.54) is 30.5 Å². The third-order valence-corrected chi connectivity index (χ3v) is 20.6. The van der Waals surface area contributed by atoms with Crippen molar-refractivity contribution in [3.63, 3.8) is 0 Å². The highest BCUT2D eigenvalue weighted by Crippen LogP contribution is 2.53. The third-order valence-electron chi connectivity index (χ3n) is 20.6. The molecule has 2 saturated carbocycles. The van der Waals surface area contributed by atoms with Crippen LogP contribution in [0, 0.1) is 28.4 Å². The minimum atomic E-state index is -0.683. The number of imide groups is 1. The normalized spacial score (nSPS) is 24.8. The fraction of sp³-hybridized carbons (Fsp3) is 0.571. The minimum Gasteiger partial charge on any atom is -0.508 e. The minimum absolute atomic E-state index is 0.0262. The van der Waals surface area contributed by atoms with Crippen LogP contribution >= 0.6 is 0 Å². The largest absolute Gasteiger partial charge is 0.508 e. The third kappa shape index (κ3) is 9.67. The molecule has 81 heavy (non-hydrogen) atoms. The standard InChI is InChI=1S/C63H74F2N10O6/c1-3-44-49(64)9-6-41-29-43(76)31-47(52(41)44)55-53(65)56-48(34-66-55)57(75-21-4-15-63(36-75)20-28-81-63)69-60(68-56)80-37-62(16-17-62)35-72-22-11-39(12-23-72)59(79)74-26-18-61(19-27-74)32-42(33-61)73-24-13-38(14-25-73)40-5-7-45-50(30-40)71(2)70-54(45)46-8-10-51(77)67-58(46)78/h5-7,9,29-31,34,38-39,42,46,76H,3-4,8,10-28,32-33,35-37H2,1-2H3,(H,67,77,78). The van der Waals surface area contributed by atoms with Crippen molar-refractivity contribution in [3.05, 3.63) is 77.1 Å². The van der Waals surface area contributed by atoms with Crippen LogP contribution in [0.2, 0.25) is 0 Å². The zero-order valence-electron chi connectivity index (χ0n) is 46.8. The molecule has 6 aliphatic heterocycles. The predicted molar refractivity (Wildman–Crippen MR) is 303 cm³/mol. The van der Waals surface area contributed by atoms with E-state index in [-0.39, 0.29) is 51.7 Å². The molecule has 2 spiro atoms. The fourth-order valence-electron chi connectivity index (χ4n) is 15.5. The van der Waals surface area contributed by atoms with Crippen LogP contribution in [0.5, 0.6) is 11.8 Å². The number of rotatable bonds is 12. The van der Waals surface area contributed by atoms with Crippen LogP contribution in [-0.2, 0) is 32.6 Å². The van der Waals surface area contributed by atoms with Crippen molar-refractivity contribution in [1.82, 2.24) is 44.7 Å². The van der Waals surface area contributed by atoms with Gasteiger partial charge in [-0.1, -0.05) is 25.1 Å². The maximum absolute atomic E-state index is 17.3. The van der Waals surface area contributed by atoms with Crippen LogP contribution in [0.25, 0.3) is 43.8 Å². The Morgan fingerprint density at radius 1 is 0.889 bits per heavy atom. The fourth-order valence-corrected chi connectivity index (χ4v) is 15.5. The van der Waals surface area contributed by atoms with Gasteiger partial charge in [0.2, 0.25) is 17.7 Å². The van der Waals surface area contributed by atoms with Gasteiger partial charge >= 0.3 is 6.01 Å². The number of aromatic nitrogens is 5. The summed E-state index contributed by atoms with van der Waals surface area (Å²) in [7, 11) is 1.94. The van der Waals surface area contributed by atoms with Gasteiger partial charge in [-0.25, -0.2) is 8.78 Å². The Balaban J connectivity index is 0.575. The number of aryl methyl sites for hydroxylation is 2. The molecule has 8 fully saturated rings. The average molecular weight is 1110 g/mol. The number of nitrogens with zero attached hydrogens (tertiary/aromatic N) is 9. The molecule has 3 aromatic heterocycles. The zero-order valence-corrected chi connectivity index (χ0v) is 46.8. The van der Waals surface area contributed by atoms with Gasteiger partial charge in [0, 0.05) is 87.1 Å². The number of halogens is 2. The SMILES string of the molecule is CCc1c(F)ccc2cc(O)cc(-c3ncc4c(N5CCCC6(CCO6)C5)nc(OCC5(CN6CCC(C(=O)N7CCC8(CC7)CC(N7CCC(c9ccc%10c(C%11CCC(=O)NC%11=O)nn(C)c%10c9)CC7)C8)CC6)CC5)nc4c3F)c12. The monoisotopic (exact) mass is 1100 g/mol. The molecule has 14 rings (SSSR count). The van der Waals surface area contributed by atoms with E-state index >= 15 is 8.78 Å². The lowest BCUT2D eigenvalue weighted by Gasteiger charge is -2.56. The molecule has 18 heteroatoms. The number of carbonyl (C=O) groups is 3. The molecular weight excluding hydrogens is 1030 g/mol. The molecule has 8 aliphatic rings. The van der Waals surface area contributed by atoms with E-state index in [0.717, 1.165) is 140 Å². The van der Waals surface area contributed by atoms with Crippen molar-refractivity contribution in [1.29, 1.82) is 0 Å². The number of fused-ring (bicyclic) bond motifs is 3. The molecule has 2 aliphatic carbocycles. The molecule has 3 amide bonds. The summed E-state index contributed by atoms with van der Waals surface area (Å²) in [6.07, 6.45) is 16.2. The number of amides is 3. The molecule has 2 unspecified atom stereocenters. The molecule has 2 atom stereocenters. The van der Waals surface area contributed by atoms with E-state index in [1.807, 2.05) is 18.7 Å². The summed E-state index contributed by atoms with van der Waals surface area (Å²) in [6, 6.07) is 13.3. The number of phenolic OH excluding ortho intramolecular Hbond substituents is 1. The molecule has 6 saturated heterocycles. The maximum Gasteiger partial charge on any atom is 0.319 e. The van der Waals surface area contributed by atoms with E-state index < -0.39 is 17.6 Å². The Labute approximate surface area is 470 Å². The first-order chi connectivity index (χ1) is 39.2. The van der Waals surface area contributed by atoms with E-state index in [2.05, 4.69) is 48.1 Å². The molecule has 3 aromatic carbocycles. The van der Waals surface area contributed by atoms with E-state index in [1.54, 1.807) is 18.3 Å². The first-order valence-corrected chi connectivity index (χ1v) is 30.1. The van der Waals surface area contributed by atoms with Crippen LogP contribution in [0.3, 0.4) is 0 Å². The lowest BCUT2D eigenvalue weighted by molar-refractivity contribution is -0.151. The summed E-state index contributed by atoms with van der Waals surface area (Å²) in [6.45, 7) is 10.8. The van der Waals surface area contributed by atoms with Gasteiger partial charge in [-0.15, -0.1) is 0 Å². The summed E-state index contributed by atoms with van der Waals surface area (Å²) >= 11 is 0. The van der Waals surface area contributed by atoms with Crippen LogP contribution < -0.4 is 15.0 Å². The number of aromatic hydroxyl groups is 1. The average Bonchev–Trinajstić information content (AvgIpc) is 4.28. The van der Waals surface area contributed by atoms with Gasteiger partial charge in [-0.2, -0.15) is 15.1 Å². The topological polar surface area (TPSA) is 171 Å². The van der Waals surface area contributed by atoms with E-state index in [9.17, 15) is 19.5 Å². The number of ether oxygens (including phenoxy) is 2. The number of phenols is 1. The Kier molecular flexibility index (Phi) is 13.3. The Bertz CT molecular complexity index is 3480. The zero-order chi connectivity index (χ0) is 55.4. The van der Waals surface area contributed by atoms with Gasteiger partial charge < -0.3 is 34.2 Å². The molecular formula is C63H74F2N10O6. The van der Waals surface area contributed by atoms with Crippen molar-refractivity contribution in [2.45, 2.75) is 133 Å². The number of benzene rings is 3. The molecule has 426 valence electrons. The van der Waals surface area contributed by atoms with Gasteiger partial charge in [0.15, 0.2) is 5.82 Å². The van der Waals surface area contributed by atoms with Crippen molar-refractivity contribution in [2.24, 2.45) is 23.8 Å². The quantitative estimate of drug-likeness (QED) is 0.111. The summed E-state index contributed by atoms with van der Waals surface area (Å²) in [4.78, 5) is 62.5. The second-order valence-electron chi connectivity index (χ2n) is 25.6. The number of likely N-dealkylation sites (tertiary alicyclic amines) is 3. The molecule has 0 radical (unpaired) electrons. The summed E-state index contributed by atoms with van der Waals surface area (Å²) in [5, 5.41) is 20.6. The molecule has 6 aromatic rings. The Morgan fingerprint density at radius 3 is 2.41 bits per heavy atom.